The first kappa shape index (κ1) is 17.7. The van der Waals surface area contributed by atoms with Crippen LogP contribution in [-0.2, 0) is 9.53 Å². The number of nitrogens with one attached hydrogen (secondary N) is 2. The van der Waals surface area contributed by atoms with Crippen LogP contribution >= 0.6 is 0 Å². The molecule has 0 bridgehead atoms. The van der Waals surface area contributed by atoms with Gasteiger partial charge in [0.2, 0.25) is 5.91 Å². The number of hydrogen-bond acceptors (Lipinski definition) is 4. The summed E-state index contributed by atoms with van der Waals surface area (Å²) >= 11 is 0. The summed E-state index contributed by atoms with van der Waals surface area (Å²) in [6.45, 7) is 3.20. The first-order valence-corrected chi connectivity index (χ1v) is 9.12. The predicted molar refractivity (Wildman–Crippen MR) is 96.8 cm³/mol. The molecule has 2 aliphatic rings. The van der Waals surface area contributed by atoms with Crippen LogP contribution < -0.4 is 15.5 Å². The average Bonchev–Trinajstić information content (AvgIpc) is 2.68. The SMILES string of the molecule is CNC(=O)C1(NC(=O)c2ccc(N3CCOCC3)cc2)CCCCC1. The van der Waals surface area contributed by atoms with E-state index < -0.39 is 5.54 Å². The Kier molecular flexibility index (Phi) is 5.58. The highest BCUT2D eigenvalue weighted by Gasteiger charge is 2.40. The van der Waals surface area contributed by atoms with E-state index in [2.05, 4.69) is 15.5 Å². The van der Waals surface area contributed by atoms with E-state index >= 15 is 0 Å². The molecule has 2 N–H and O–H groups in total. The molecule has 1 saturated heterocycles. The molecule has 0 unspecified atom stereocenters. The molecule has 136 valence electrons. The van der Waals surface area contributed by atoms with Gasteiger partial charge in [-0.1, -0.05) is 19.3 Å². The van der Waals surface area contributed by atoms with E-state index in [0.717, 1.165) is 51.3 Å². The topological polar surface area (TPSA) is 70.7 Å². The van der Waals surface area contributed by atoms with Gasteiger partial charge in [0, 0.05) is 31.4 Å². The Bertz CT molecular complexity index is 603. The van der Waals surface area contributed by atoms with Crippen LogP contribution in [-0.4, -0.2) is 50.7 Å². The van der Waals surface area contributed by atoms with Crippen molar-refractivity contribution in [2.75, 3.05) is 38.3 Å². The lowest BCUT2D eigenvalue weighted by Gasteiger charge is -2.36. The Morgan fingerprint density at radius 3 is 2.28 bits per heavy atom. The Balaban J connectivity index is 1.70. The highest BCUT2D eigenvalue weighted by Crippen LogP contribution is 2.29. The highest BCUT2D eigenvalue weighted by atomic mass is 16.5. The van der Waals surface area contributed by atoms with Gasteiger partial charge in [-0.2, -0.15) is 0 Å². The number of likely N-dealkylation sites (N-methyl/N-ethyl adjacent to an activating group) is 1. The average molecular weight is 345 g/mol. The Morgan fingerprint density at radius 1 is 1.04 bits per heavy atom. The second kappa shape index (κ2) is 7.87. The largest absolute Gasteiger partial charge is 0.378 e. The van der Waals surface area contributed by atoms with E-state index in [1.165, 1.54) is 0 Å². The Hall–Kier alpha value is -2.08. The molecule has 1 aromatic rings. The number of benzene rings is 1. The predicted octanol–water partition coefficient (Wildman–Crippen LogP) is 1.70. The zero-order valence-corrected chi connectivity index (χ0v) is 14.8. The first-order chi connectivity index (χ1) is 12.1. The molecular formula is C19H27N3O3. The maximum atomic E-state index is 12.7. The summed E-state index contributed by atoms with van der Waals surface area (Å²) in [6.07, 6.45) is 4.44. The van der Waals surface area contributed by atoms with Gasteiger partial charge in [-0.05, 0) is 37.1 Å². The molecule has 1 aliphatic heterocycles. The summed E-state index contributed by atoms with van der Waals surface area (Å²) < 4.78 is 5.37. The Morgan fingerprint density at radius 2 is 1.68 bits per heavy atom. The van der Waals surface area contributed by atoms with Crippen LogP contribution in [0.3, 0.4) is 0 Å². The maximum absolute atomic E-state index is 12.7. The third kappa shape index (κ3) is 3.95. The van der Waals surface area contributed by atoms with Crippen molar-refractivity contribution in [2.45, 2.75) is 37.6 Å². The van der Waals surface area contributed by atoms with Crippen LogP contribution in [0.2, 0.25) is 0 Å². The van der Waals surface area contributed by atoms with Crippen molar-refractivity contribution < 1.29 is 14.3 Å². The third-order valence-corrected chi connectivity index (χ3v) is 5.23. The van der Waals surface area contributed by atoms with Gasteiger partial charge in [-0.25, -0.2) is 0 Å². The number of hydrogen-bond donors (Lipinski definition) is 2. The van der Waals surface area contributed by atoms with Crippen molar-refractivity contribution in [3.05, 3.63) is 29.8 Å². The molecule has 3 rings (SSSR count). The fourth-order valence-corrected chi connectivity index (χ4v) is 3.74. The lowest BCUT2D eigenvalue weighted by atomic mass is 9.80. The van der Waals surface area contributed by atoms with Crippen LogP contribution in [0.1, 0.15) is 42.5 Å². The molecule has 25 heavy (non-hydrogen) atoms. The van der Waals surface area contributed by atoms with Gasteiger partial charge in [0.15, 0.2) is 0 Å². The molecule has 0 radical (unpaired) electrons. The van der Waals surface area contributed by atoms with Crippen LogP contribution in [0.25, 0.3) is 0 Å². The number of anilines is 1. The summed E-state index contributed by atoms with van der Waals surface area (Å²) in [5.74, 6) is -0.274. The molecule has 2 fully saturated rings. The summed E-state index contributed by atoms with van der Waals surface area (Å²) in [5.41, 5.74) is 0.914. The van der Waals surface area contributed by atoms with Crippen LogP contribution in [0.4, 0.5) is 5.69 Å². The number of carbonyl (C=O) groups is 2. The standard InChI is InChI=1S/C19H27N3O3/c1-20-18(24)19(9-3-2-4-10-19)21-17(23)15-5-7-16(8-6-15)22-11-13-25-14-12-22/h5-8H,2-4,9-14H2,1H3,(H,20,24)(H,21,23). The fourth-order valence-electron chi connectivity index (χ4n) is 3.74. The molecule has 0 spiro atoms. The van der Waals surface area contributed by atoms with Crippen molar-refractivity contribution in [1.29, 1.82) is 0 Å². The lowest BCUT2D eigenvalue weighted by molar-refractivity contribution is -0.128. The number of ether oxygens (including phenoxy) is 1. The summed E-state index contributed by atoms with van der Waals surface area (Å²) in [7, 11) is 1.63. The first-order valence-electron chi connectivity index (χ1n) is 9.12. The van der Waals surface area contributed by atoms with E-state index in [0.29, 0.717) is 18.4 Å². The second-order valence-corrected chi connectivity index (χ2v) is 6.82. The zero-order chi connectivity index (χ0) is 17.7. The summed E-state index contributed by atoms with van der Waals surface area (Å²) in [5, 5.41) is 5.73. The third-order valence-electron chi connectivity index (χ3n) is 5.23. The monoisotopic (exact) mass is 345 g/mol. The molecule has 0 atom stereocenters. The summed E-state index contributed by atoms with van der Waals surface area (Å²) in [6, 6.07) is 7.60. The molecule has 1 heterocycles. The minimum atomic E-state index is -0.771. The second-order valence-electron chi connectivity index (χ2n) is 6.82. The van der Waals surface area contributed by atoms with Crippen LogP contribution in [0.5, 0.6) is 0 Å². The number of carbonyl (C=O) groups excluding carboxylic acids is 2. The van der Waals surface area contributed by atoms with Crippen LogP contribution in [0.15, 0.2) is 24.3 Å². The van der Waals surface area contributed by atoms with E-state index in [1.54, 1.807) is 7.05 Å². The summed E-state index contributed by atoms with van der Waals surface area (Å²) in [4.78, 5) is 27.3. The van der Waals surface area contributed by atoms with Crippen molar-refractivity contribution in [1.82, 2.24) is 10.6 Å². The minimum absolute atomic E-state index is 0.0921. The number of rotatable bonds is 4. The minimum Gasteiger partial charge on any atom is -0.378 e. The normalized spacial score (nSPS) is 20.0. The number of amides is 2. The molecule has 1 saturated carbocycles. The van der Waals surface area contributed by atoms with Gasteiger partial charge in [-0.15, -0.1) is 0 Å². The number of morpholine rings is 1. The quantitative estimate of drug-likeness (QED) is 0.871. The van der Waals surface area contributed by atoms with Gasteiger partial charge in [-0.3, -0.25) is 9.59 Å². The van der Waals surface area contributed by atoms with E-state index in [4.69, 9.17) is 4.74 Å². The maximum Gasteiger partial charge on any atom is 0.252 e. The molecule has 1 aromatic carbocycles. The van der Waals surface area contributed by atoms with E-state index in [1.807, 2.05) is 24.3 Å². The van der Waals surface area contributed by atoms with Crippen molar-refractivity contribution >= 4 is 17.5 Å². The number of nitrogens with zero attached hydrogens (tertiary/aromatic N) is 1. The van der Waals surface area contributed by atoms with Crippen molar-refractivity contribution in [2.24, 2.45) is 0 Å². The molecule has 6 nitrogen and oxygen atoms in total. The zero-order valence-electron chi connectivity index (χ0n) is 14.8. The molecular weight excluding hydrogens is 318 g/mol. The lowest BCUT2D eigenvalue weighted by Crippen LogP contribution is -2.59. The van der Waals surface area contributed by atoms with Gasteiger partial charge in [0.25, 0.3) is 5.91 Å². The molecule has 1 aliphatic carbocycles. The van der Waals surface area contributed by atoms with Crippen LogP contribution in [0, 0.1) is 0 Å². The van der Waals surface area contributed by atoms with E-state index in [-0.39, 0.29) is 11.8 Å². The fraction of sp³-hybridized carbons (Fsp3) is 0.579. The highest BCUT2D eigenvalue weighted by molar-refractivity contribution is 5.99. The van der Waals surface area contributed by atoms with Crippen molar-refractivity contribution in [3.63, 3.8) is 0 Å². The molecule has 2 amide bonds. The molecule has 0 aromatic heterocycles. The Labute approximate surface area is 148 Å². The van der Waals surface area contributed by atoms with Gasteiger partial charge < -0.3 is 20.3 Å². The van der Waals surface area contributed by atoms with E-state index in [9.17, 15) is 9.59 Å². The van der Waals surface area contributed by atoms with Gasteiger partial charge in [0.1, 0.15) is 5.54 Å². The van der Waals surface area contributed by atoms with Crippen molar-refractivity contribution in [3.8, 4) is 0 Å². The van der Waals surface area contributed by atoms with Gasteiger partial charge >= 0.3 is 0 Å². The smallest absolute Gasteiger partial charge is 0.252 e. The van der Waals surface area contributed by atoms with Gasteiger partial charge in [0.05, 0.1) is 13.2 Å². The molecule has 6 heteroatoms.